The molecule has 21 heavy (non-hydrogen) atoms. The van der Waals surface area contributed by atoms with Crippen LogP contribution in [0.25, 0.3) is 5.65 Å². The highest BCUT2D eigenvalue weighted by molar-refractivity contribution is 7.98. The highest BCUT2D eigenvalue weighted by Crippen LogP contribution is 2.21. The predicted octanol–water partition coefficient (Wildman–Crippen LogP) is 1.21. The molecular weight excluding hydrogens is 288 g/mol. The molecule has 0 amide bonds. The van der Waals surface area contributed by atoms with E-state index in [0.29, 0.717) is 17.1 Å². The lowest BCUT2D eigenvalue weighted by molar-refractivity contribution is 0.271. The highest BCUT2D eigenvalue weighted by Gasteiger charge is 2.08. The van der Waals surface area contributed by atoms with Gasteiger partial charge in [-0.2, -0.15) is 0 Å². The summed E-state index contributed by atoms with van der Waals surface area (Å²) in [7, 11) is 1.85. The van der Waals surface area contributed by atoms with Gasteiger partial charge in [-0.3, -0.25) is 9.20 Å². The Morgan fingerprint density at radius 3 is 3.00 bits per heavy atom. The van der Waals surface area contributed by atoms with E-state index in [4.69, 9.17) is 5.11 Å². The molecule has 0 radical (unpaired) electrons. The number of hydrogen-bond acceptors (Lipinski definition) is 5. The Labute approximate surface area is 125 Å². The molecule has 3 rings (SSSR count). The quantitative estimate of drug-likeness (QED) is 0.734. The minimum Gasteiger partial charge on any atom is -0.390 e. The Morgan fingerprint density at radius 2 is 2.24 bits per heavy atom. The fraction of sp³-hybridized carbons (Fsp3) is 0.214. The molecular formula is C14H14N4O2S. The summed E-state index contributed by atoms with van der Waals surface area (Å²) in [5, 5.41) is 9.93. The Balaban J connectivity index is 1.85. The number of thioether (sulfide) groups is 1. The van der Waals surface area contributed by atoms with Crippen LogP contribution >= 0.6 is 11.8 Å². The summed E-state index contributed by atoms with van der Waals surface area (Å²) in [6.07, 6.45) is 3.35. The van der Waals surface area contributed by atoms with Crippen molar-refractivity contribution in [1.82, 2.24) is 18.9 Å². The van der Waals surface area contributed by atoms with Gasteiger partial charge in [-0.05, 0) is 12.1 Å². The number of imidazole rings is 1. The van der Waals surface area contributed by atoms with Gasteiger partial charge < -0.3 is 9.67 Å². The highest BCUT2D eigenvalue weighted by atomic mass is 32.2. The molecule has 0 aliphatic heterocycles. The fourth-order valence-electron chi connectivity index (χ4n) is 2.02. The molecule has 0 fully saturated rings. The van der Waals surface area contributed by atoms with Crippen molar-refractivity contribution in [2.24, 2.45) is 7.05 Å². The Morgan fingerprint density at radius 1 is 1.38 bits per heavy atom. The summed E-state index contributed by atoms with van der Waals surface area (Å²) in [4.78, 5) is 20.7. The van der Waals surface area contributed by atoms with E-state index in [-0.39, 0.29) is 12.2 Å². The fourth-order valence-corrected chi connectivity index (χ4v) is 2.89. The number of fused-ring (bicyclic) bond motifs is 1. The van der Waals surface area contributed by atoms with Crippen molar-refractivity contribution in [3.05, 3.63) is 58.4 Å². The molecule has 0 spiro atoms. The van der Waals surface area contributed by atoms with Crippen LogP contribution in [0, 0.1) is 0 Å². The van der Waals surface area contributed by atoms with Crippen LogP contribution in [0.15, 0.2) is 46.6 Å². The molecule has 0 unspecified atom stereocenters. The van der Waals surface area contributed by atoms with Gasteiger partial charge in [0.25, 0.3) is 5.56 Å². The summed E-state index contributed by atoms with van der Waals surface area (Å²) in [6.45, 7) is -0.0420. The van der Waals surface area contributed by atoms with Gasteiger partial charge in [0.05, 0.1) is 24.2 Å². The average molecular weight is 302 g/mol. The van der Waals surface area contributed by atoms with Crippen molar-refractivity contribution < 1.29 is 5.11 Å². The lowest BCUT2D eigenvalue weighted by Gasteiger charge is -2.05. The van der Waals surface area contributed by atoms with Crippen molar-refractivity contribution in [2.75, 3.05) is 0 Å². The van der Waals surface area contributed by atoms with E-state index < -0.39 is 0 Å². The third kappa shape index (κ3) is 2.70. The maximum atomic E-state index is 12.0. The van der Waals surface area contributed by atoms with Crippen molar-refractivity contribution in [3.8, 4) is 0 Å². The van der Waals surface area contributed by atoms with Gasteiger partial charge in [0.15, 0.2) is 5.16 Å². The first kappa shape index (κ1) is 13.8. The Kier molecular flexibility index (Phi) is 3.76. The molecule has 0 saturated heterocycles. The zero-order chi connectivity index (χ0) is 14.8. The Bertz CT molecular complexity index is 840. The number of aliphatic hydroxyl groups excluding tert-OH is 1. The number of aliphatic hydroxyl groups is 1. The third-order valence-electron chi connectivity index (χ3n) is 3.18. The van der Waals surface area contributed by atoms with E-state index >= 15 is 0 Å². The molecule has 3 aromatic rings. The summed E-state index contributed by atoms with van der Waals surface area (Å²) in [5.74, 6) is 0.552. The first-order valence-corrected chi connectivity index (χ1v) is 7.39. The predicted molar refractivity (Wildman–Crippen MR) is 80.2 cm³/mol. The number of rotatable bonds is 4. The number of pyridine rings is 1. The minimum absolute atomic E-state index is 0.0420. The monoisotopic (exact) mass is 302 g/mol. The SMILES string of the molecule is Cn1c(CO)cnc1SCc1cc(=O)n2ccccc2n1. The first-order valence-electron chi connectivity index (χ1n) is 6.40. The molecule has 6 nitrogen and oxygen atoms in total. The Hall–Kier alpha value is -2.12. The summed E-state index contributed by atoms with van der Waals surface area (Å²) < 4.78 is 3.34. The molecule has 7 heteroatoms. The normalized spacial score (nSPS) is 11.1. The van der Waals surface area contributed by atoms with E-state index in [2.05, 4.69) is 9.97 Å². The molecule has 0 bridgehead atoms. The van der Waals surface area contributed by atoms with Gasteiger partial charge in [-0.25, -0.2) is 9.97 Å². The van der Waals surface area contributed by atoms with Crippen LogP contribution in [0.3, 0.4) is 0 Å². The van der Waals surface area contributed by atoms with E-state index in [1.807, 2.05) is 17.7 Å². The van der Waals surface area contributed by atoms with Crippen molar-refractivity contribution in [3.63, 3.8) is 0 Å². The maximum absolute atomic E-state index is 12.0. The molecule has 0 atom stereocenters. The van der Waals surface area contributed by atoms with Crippen LogP contribution < -0.4 is 5.56 Å². The first-order chi connectivity index (χ1) is 10.2. The average Bonchev–Trinajstić information content (AvgIpc) is 2.85. The smallest absolute Gasteiger partial charge is 0.258 e. The zero-order valence-corrected chi connectivity index (χ0v) is 12.2. The molecule has 3 heterocycles. The number of hydrogen-bond donors (Lipinski definition) is 1. The molecule has 0 aliphatic carbocycles. The van der Waals surface area contributed by atoms with E-state index in [9.17, 15) is 4.79 Å². The second-order valence-corrected chi connectivity index (χ2v) is 5.49. The third-order valence-corrected chi connectivity index (χ3v) is 4.25. The second kappa shape index (κ2) is 5.71. The zero-order valence-electron chi connectivity index (χ0n) is 11.4. The summed E-state index contributed by atoms with van der Waals surface area (Å²) >= 11 is 1.48. The van der Waals surface area contributed by atoms with Crippen LogP contribution in [0.4, 0.5) is 0 Å². The van der Waals surface area contributed by atoms with Crippen molar-refractivity contribution >= 4 is 17.4 Å². The van der Waals surface area contributed by atoms with Gasteiger partial charge in [-0.1, -0.05) is 17.8 Å². The summed E-state index contributed by atoms with van der Waals surface area (Å²) in [5.41, 5.74) is 2.01. The second-order valence-electron chi connectivity index (χ2n) is 4.55. The van der Waals surface area contributed by atoms with Gasteiger partial charge in [0.2, 0.25) is 0 Å². The molecule has 1 N–H and O–H groups in total. The minimum atomic E-state index is -0.0907. The maximum Gasteiger partial charge on any atom is 0.258 e. The lowest BCUT2D eigenvalue weighted by Crippen LogP contribution is -2.14. The van der Waals surface area contributed by atoms with Gasteiger partial charge in [0, 0.05) is 25.1 Å². The van der Waals surface area contributed by atoms with E-state index in [1.165, 1.54) is 22.2 Å². The van der Waals surface area contributed by atoms with E-state index in [1.54, 1.807) is 24.5 Å². The molecule has 3 aromatic heterocycles. The van der Waals surface area contributed by atoms with Gasteiger partial charge >= 0.3 is 0 Å². The molecule has 0 saturated carbocycles. The number of nitrogens with zero attached hydrogens (tertiary/aromatic N) is 4. The van der Waals surface area contributed by atoms with Crippen LogP contribution in [-0.2, 0) is 19.4 Å². The van der Waals surface area contributed by atoms with Gasteiger partial charge in [0.1, 0.15) is 5.65 Å². The van der Waals surface area contributed by atoms with Crippen LogP contribution in [0.1, 0.15) is 11.4 Å². The molecule has 108 valence electrons. The topological polar surface area (TPSA) is 72.4 Å². The van der Waals surface area contributed by atoms with Crippen molar-refractivity contribution in [2.45, 2.75) is 17.5 Å². The van der Waals surface area contributed by atoms with Crippen LogP contribution in [-0.4, -0.2) is 24.0 Å². The lowest BCUT2D eigenvalue weighted by atomic mass is 10.4. The van der Waals surface area contributed by atoms with Crippen molar-refractivity contribution in [1.29, 1.82) is 0 Å². The molecule has 0 aliphatic rings. The van der Waals surface area contributed by atoms with E-state index in [0.717, 1.165) is 10.9 Å². The largest absolute Gasteiger partial charge is 0.390 e. The summed E-state index contributed by atoms with van der Waals surface area (Å²) in [6, 6.07) is 7.00. The standard InChI is InChI=1S/C14H14N4O2S/c1-17-11(8-19)7-15-14(17)21-9-10-6-13(20)18-5-3-2-4-12(18)16-10/h2-7,19H,8-9H2,1H3. The van der Waals surface area contributed by atoms with Crippen LogP contribution in [0.5, 0.6) is 0 Å². The molecule has 0 aromatic carbocycles. The van der Waals surface area contributed by atoms with Crippen LogP contribution in [0.2, 0.25) is 0 Å². The van der Waals surface area contributed by atoms with Gasteiger partial charge in [-0.15, -0.1) is 0 Å². The number of aromatic nitrogens is 4.